The number of carbonyl (C=O) groups excluding carboxylic acids is 1. The van der Waals surface area contributed by atoms with Crippen LogP contribution in [0.4, 0.5) is 0 Å². The van der Waals surface area contributed by atoms with E-state index in [1.807, 2.05) is 68.4 Å². The van der Waals surface area contributed by atoms with Crippen LogP contribution in [0.25, 0.3) is 0 Å². The van der Waals surface area contributed by atoms with Crippen LogP contribution in [0.1, 0.15) is 55.3 Å². The van der Waals surface area contributed by atoms with Crippen LogP contribution in [0.5, 0.6) is 0 Å². The maximum absolute atomic E-state index is 14.8. The lowest BCUT2D eigenvalue weighted by Gasteiger charge is -2.45. The molecule has 4 rings (SSSR count). The summed E-state index contributed by atoms with van der Waals surface area (Å²) in [4.78, 5) is 11.2. The van der Waals surface area contributed by atoms with E-state index < -0.39 is 10.0 Å². The first-order valence-electron chi connectivity index (χ1n) is 12.8. The van der Waals surface area contributed by atoms with Gasteiger partial charge in [-0.25, -0.2) is 3.89 Å². The second-order valence-electron chi connectivity index (χ2n) is 10.1. The Balaban J connectivity index is 1.86. The minimum Gasteiger partial charge on any atom is -0.465 e. The second kappa shape index (κ2) is 11.8. The van der Waals surface area contributed by atoms with Crippen LogP contribution in [0.3, 0.4) is 0 Å². The van der Waals surface area contributed by atoms with Gasteiger partial charge in [-0.3, -0.25) is 4.79 Å². The molecule has 0 N–H and O–H groups in total. The quantitative estimate of drug-likeness (QED) is 0.208. The Morgan fingerprint density at radius 3 is 2.19 bits per heavy atom. The first-order chi connectivity index (χ1) is 17.8. The molecule has 0 aromatic heterocycles. The molecule has 1 saturated carbocycles. The molecule has 1 aliphatic rings. The molecule has 196 valence electrons. The fraction of sp³-hybridized carbons (Fsp3) is 0.367. The van der Waals surface area contributed by atoms with Crippen molar-refractivity contribution in [2.75, 3.05) is 6.54 Å². The van der Waals surface area contributed by atoms with Crippen LogP contribution in [0.15, 0.2) is 83.8 Å². The number of nitrogens with zero attached hydrogens (tertiary/aromatic N) is 1. The average molecular weight is 541 g/mol. The Labute approximate surface area is 225 Å². The molecule has 0 aliphatic heterocycles. The van der Waals surface area contributed by atoms with Gasteiger partial charge in [0.1, 0.15) is 23.6 Å². The SMILES string of the molecule is Cc1ccc([C@@H](C)[N+](Cc2ccccc2Cl)(CC2CCC(OC=O)CC2)S(=O)(=O)c2ccccc2)cc1. The van der Waals surface area contributed by atoms with Crippen LogP contribution >= 0.6 is 11.6 Å². The van der Waals surface area contributed by atoms with Gasteiger partial charge in [0.15, 0.2) is 0 Å². The number of carbonyl (C=O) groups is 1. The lowest BCUT2D eigenvalue weighted by molar-refractivity contribution is -0.855. The molecule has 37 heavy (non-hydrogen) atoms. The molecule has 0 radical (unpaired) electrons. The van der Waals surface area contributed by atoms with E-state index in [9.17, 15) is 13.2 Å². The Morgan fingerprint density at radius 2 is 1.57 bits per heavy atom. The molecule has 0 spiro atoms. The van der Waals surface area contributed by atoms with Crippen molar-refractivity contribution >= 4 is 28.1 Å². The van der Waals surface area contributed by atoms with E-state index in [0.717, 1.165) is 42.4 Å². The topological polar surface area (TPSA) is 60.4 Å². The average Bonchev–Trinajstić information content (AvgIpc) is 2.91. The molecule has 0 heterocycles. The van der Waals surface area contributed by atoms with Crippen molar-refractivity contribution in [2.45, 2.75) is 63.1 Å². The summed E-state index contributed by atoms with van der Waals surface area (Å²) in [6.07, 6.45) is 2.97. The van der Waals surface area contributed by atoms with Crippen LogP contribution < -0.4 is 0 Å². The molecule has 3 aromatic rings. The fourth-order valence-electron chi connectivity index (χ4n) is 5.55. The number of aryl methyl sites for hydroxylation is 1. The highest BCUT2D eigenvalue weighted by molar-refractivity contribution is 7.86. The maximum atomic E-state index is 14.8. The first-order valence-corrected chi connectivity index (χ1v) is 14.6. The molecule has 7 heteroatoms. The van der Waals surface area contributed by atoms with Crippen LogP contribution in [0.2, 0.25) is 5.02 Å². The van der Waals surface area contributed by atoms with Crippen LogP contribution in [0, 0.1) is 12.8 Å². The fourth-order valence-corrected chi connectivity index (χ4v) is 7.92. The van der Waals surface area contributed by atoms with Crippen molar-refractivity contribution in [2.24, 2.45) is 5.92 Å². The Hall–Kier alpha value is -2.67. The van der Waals surface area contributed by atoms with Crippen LogP contribution in [-0.2, 0) is 26.1 Å². The lowest BCUT2D eigenvalue weighted by Crippen LogP contribution is -2.56. The van der Waals surface area contributed by atoms with Gasteiger partial charge in [-0.1, -0.05) is 77.8 Å². The summed E-state index contributed by atoms with van der Waals surface area (Å²) in [5.74, 6) is 0.153. The molecule has 3 aromatic carbocycles. The summed E-state index contributed by atoms with van der Waals surface area (Å²) in [5.41, 5.74) is 2.90. The monoisotopic (exact) mass is 540 g/mol. The van der Waals surface area contributed by atoms with Gasteiger partial charge in [0, 0.05) is 22.1 Å². The zero-order chi connectivity index (χ0) is 26.5. The summed E-state index contributed by atoms with van der Waals surface area (Å²) in [7, 11) is -3.87. The molecule has 0 bridgehead atoms. The molecule has 0 saturated heterocycles. The summed E-state index contributed by atoms with van der Waals surface area (Å²) < 4.78 is 34.5. The molecule has 1 aliphatic carbocycles. The van der Waals surface area contributed by atoms with E-state index >= 15 is 0 Å². The standard InChI is InChI=1S/C30H35ClNO4S/c1-23-12-16-26(17-13-23)24(2)32(21-27-8-6-7-11-30(27)31,37(34,35)29-9-4-3-5-10-29)20-25-14-18-28(19-15-25)36-22-33/h3-13,16-17,22,24-25,28H,14-15,18-21H2,1-2H3/q+1/t24-,25?,28?,32?/m1/s1. The van der Waals surface area contributed by atoms with Crippen molar-refractivity contribution in [3.05, 3.63) is 101 Å². The first kappa shape index (κ1) is 27.4. The van der Waals surface area contributed by atoms with Gasteiger partial charge < -0.3 is 4.74 Å². The molecular weight excluding hydrogens is 506 g/mol. The normalized spacial score (nSPS) is 20.5. The van der Waals surface area contributed by atoms with Crippen molar-refractivity contribution in [3.63, 3.8) is 0 Å². The van der Waals surface area contributed by atoms with E-state index in [0.29, 0.717) is 22.9 Å². The Kier molecular flexibility index (Phi) is 8.73. The second-order valence-corrected chi connectivity index (χ2v) is 12.7. The highest BCUT2D eigenvalue weighted by Crippen LogP contribution is 2.43. The molecular formula is C30H35ClNO4S+. The number of hydrogen-bond acceptors (Lipinski definition) is 4. The van der Waals surface area contributed by atoms with Gasteiger partial charge in [-0.2, -0.15) is 8.42 Å². The number of hydrogen-bond donors (Lipinski definition) is 0. The zero-order valence-corrected chi connectivity index (χ0v) is 23.0. The Bertz CT molecular complexity index is 1290. The van der Waals surface area contributed by atoms with Gasteiger partial charge in [0.2, 0.25) is 0 Å². The maximum Gasteiger partial charge on any atom is 0.328 e. The van der Waals surface area contributed by atoms with E-state index in [1.165, 1.54) is 0 Å². The molecule has 1 unspecified atom stereocenters. The van der Waals surface area contributed by atoms with Gasteiger partial charge in [0.05, 0.1) is 6.54 Å². The van der Waals surface area contributed by atoms with Crippen LogP contribution in [-0.4, -0.2) is 31.4 Å². The van der Waals surface area contributed by atoms with E-state index in [2.05, 4.69) is 0 Å². The minimum absolute atomic E-state index is 0.0977. The third kappa shape index (κ3) is 5.92. The summed E-state index contributed by atoms with van der Waals surface area (Å²) in [5, 5.41) is 0.562. The highest BCUT2D eigenvalue weighted by Gasteiger charge is 2.50. The summed E-state index contributed by atoms with van der Waals surface area (Å²) in [6, 6.07) is 24.1. The van der Waals surface area contributed by atoms with Crippen molar-refractivity contribution in [1.29, 1.82) is 0 Å². The number of rotatable bonds is 10. The number of ether oxygens (including phenoxy) is 1. The zero-order valence-electron chi connectivity index (χ0n) is 21.4. The number of sulfonamides is 1. The van der Waals surface area contributed by atoms with E-state index in [-0.39, 0.29) is 28.5 Å². The van der Waals surface area contributed by atoms with Crippen molar-refractivity contribution < 1.29 is 21.8 Å². The van der Waals surface area contributed by atoms with Crippen molar-refractivity contribution in [3.8, 4) is 0 Å². The molecule has 5 nitrogen and oxygen atoms in total. The minimum atomic E-state index is -3.87. The van der Waals surface area contributed by atoms with Gasteiger partial charge in [-0.05, 0) is 57.7 Å². The highest BCUT2D eigenvalue weighted by atomic mass is 35.5. The van der Waals surface area contributed by atoms with E-state index in [1.54, 1.807) is 24.3 Å². The van der Waals surface area contributed by atoms with Gasteiger partial charge >= 0.3 is 10.0 Å². The summed E-state index contributed by atoms with van der Waals surface area (Å²) in [6.45, 7) is 5.24. The molecule has 1 fully saturated rings. The van der Waals surface area contributed by atoms with Gasteiger partial charge in [-0.15, -0.1) is 0 Å². The number of halogens is 1. The predicted molar refractivity (Wildman–Crippen MR) is 146 cm³/mol. The third-order valence-electron chi connectivity index (χ3n) is 7.79. The van der Waals surface area contributed by atoms with Gasteiger partial charge in [0.25, 0.3) is 6.47 Å². The smallest absolute Gasteiger partial charge is 0.328 e. The number of benzene rings is 3. The molecule has 0 amide bonds. The Morgan fingerprint density at radius 1 is 0.946 bits per heavy atom. The third-order valence-corrected chi connectivity index (χ3v) is 10.6. The molecule has 2 atom stereocenters. The van der Waals surface area contributed by atoms with E-state index in [4.69, 9.17) is 16.3 Å². The van der Waals surface area contributed by atoms with Crippen molar-refractivity contribution in [1.82, 2.24) is 0 Å². The largest absolute Gasteiger partial charge is 0.465 e. The number of quaternary nitrogens is 1. The lowest BCUT2D eigenvalue weighted by atomic mass is 9.86. The predicted octanol–water partition coefficient (Wildman–Crippen LogP) is 6.85. The summed E-state index contributed by atoms with van der Waals surface area (Å²) >= 11 is 6.64.